The van der Waals surface area contributed by atoms with E-state index in [-0.39, 0.29) is 22.5 Å². The molecule has 0 bridgehead atoms. The molecule has 0 aromatic heterocycles. The van der Waals surface area contributed by atoms with E-state index in [1.54, 1.807) is 0 Å². The van der Waals surface area contributed by atoms with Crippen LogP contribution in [0.1, 0.15) is 80.4 Å². The fourth-order valence-corrected chi connectivity index (χ4v) is 1.70. The lowest BCUT2D eigenvalue weighted by atomic mass is 9.81. The van der Waals surface area contributed by atoms with E-state index in [4.69, 9.17) is 0 Å². The van der Waals surface area contributed by atoms with Crippen molar-refractivity contribution in [3.05, 3.63) is 34.9 Å². The minimum Gasteiger partial charge on any atom is -0.207 e. The van der Waals surface area contributed by atoms with Gasteiger partial charge in [0.2, 0.25) is 0 Å². The molecule has 0 spiro atoms. The molecule has 0 heterocycles. The molecule has 122 valence electrons. The van der Waals surface area contributed by atoms with Gasteiger partial charge in [0.1, 0.15) is 11.6 Å². The summed E-state index contributed by atoms with van der Waals surface area (Å²) in [5, 5.41) is 0. The van der Waals surface area contributed by atoms with E-state index in [0.29, 0.717) is 16.5 Å². The third kappa shape index (κ3) is 7.59. The minimum absolute atomic E-state index is 0.321. The molecule has 1 aromatic carbocycles. The standard InChI is InChI=1S/C14H20F2.C5H12/c1-13(2,3)9-7-12(16)10(8-11(9)15)14(4,5)6;1-5(2,3)4/h7-8H,1-6H3;1-4H3. The third-order valence-electron chi connectivity index (χ3n) is 2.67. The topological polar surface area (TPSA) is 0 Å². The number of rotatable bonds is 0. The maximum atomic E-state index is 13.9. The van der Waals surface area contributed by atoms with Gasteiger partial charge in [-0.15, -0.1) is 0 Å². The van der Waals surface area contributed by atoms with Gasteiger partial charge in [-0.05, 0) is 39.5 Å². The fraction of sp³-hybridized carbons (Fsp3) is 0.684. The summed E-state index contributed by atoms with van der Waals surface area (Å²) >= 11 is 0. The Hall–Kier alpha value is -0.920. The van der Waals surface area contributed by atoms with Gasteiger partial charge in [-0.25, -0.2) is 8.78 Å². The van der Waals surface area contributed by atoms with E-state index in [2.05, 4.69) is 27.7 Å². The summed E-state index contributed by atoms with van der Waals surface area (Å²) in [7, 11) is 0. The molecular weight excluding hydrogens is 266 g/mol. The number of hydrogen-bond donors (Lipinski definition) is 0. The van der Waals surface area contributed by atoms with Crippen LogP contribution in [0.5, 0.6) is 0 Å². The average Bonchev–Trinajstić information content (AvgIpc) is 2.15. The maximum absolute atomic E-state index is 13.9. The van der Waals surface area contributed by atoms with Crippen molar-refractivity contribution in [2.24, 2.45) is 5.41 Å². The lowest BCUT2D eigenvalue weighted by Gasteiger charge is -2.24. The van der Waals surface area contributed by atoms with Gasteiger partial charge in [0.05, 0.1) is 0 Å². The molecule has 0 saturated heterocycles. The van der Waals surface area contributed by atoms with Crippen LogP contribution in [0, 0.1) is 17.0 Å². The van der Waals surface area contributed by atoms with Crippen LogP contribution < -0.4 is 0 Å². The van der Waals surface area contributed by atoms with Gasteiger partial charge in [-0.2, -0.15) is 0 Å². The van der Waals surface area contributed by atoms with Crippen LogP contribution in [-0.2, 0) is 10.8 Å². The van der Waals surface area contributed by atoms with Crippen molar-refractivity contribution >= 4 is 0 Å². The van der Waals surface area contributed by atoms with E-state index in [9.17, 15) is 8.78 Å². The van der Waals surface area contributed by atoms with Gasteiger partial charge < -0.3 is 0 Å². The second kappa shape index (κ2) is 6.46. The Morgan fingerprint density at radius 1 is 0.571 bits per heavy atom. The van der Waals surface area contributed by atoms with E-state index in [1.165, 1.54) is 12.1 Å². The zero-order valence-corrected chi connectivity index (χ0v) is 15.4. The Balaban J connectivity index is 0.000000690. The van der Waals surface area contributed by atoms with Gasteiger partial charge in [-0.3, -0.25) is 0 Å². The molecule has 0 unspecified atom stereocenters. The number of benzene rings is 1. The highest BCUT2D eigenvalue weighted by atomic mass is 19.1. The van der Waals surface area contributed by atoms with Gasteiger partial charge in [0.25, 0.3) is 0 Å². The van der Waals surface area contributed by atoms with Crippen molar-refractivity contribution in [3.63, 3.8) is 0 Å². The molecule has 0 amide bonds. The Kier molecular flexibility index (Phi) is 6.17. The second-order valence-corrected chi connectivity index (χ2v) is 9.31. The summed E-state index contributed by atoms with van der Waals surface area (Å²) in [5.41, 5.74) is 0.610. The van der Waals surface area contributed by atoms with Crippen molar-refractivity contribution in [2.75, 3.05) is 0 Å². The highest BCUT2D eigenvalue weighted by Crippen LogP contribution is 2.32. The summed E-state index contributed by atoms with van der Waals surface area (Å²) in [6.07, 6.45) is 0. The SMILES string of the molecule is CC(C)(C)C.CC(C)(C)c1cc(F)c(C(C)(C)C)cc1F. The molecule has 0 saturated carbocycles. The van der Waals surface area contributed by atoms with Crippen molar-refractivity contribution in [3.8, 4) is 0 Å². The molecule has 2 heteroatoms. The first-order chi connectivity index (χ1) is 9.03. The average molecular weight is 298 g/mol. The van der Waals surface area contributed by atoms with Crippen LogP contribution in [0.3, 0.4) is 0 Å². The van der Waals surface area contributed by atoms with Crippen LogP contribution in [0.25, 0.3) is 0 Å². The van der Waals surface area contributed by atoms with E-state index in [0.717, 1.165) is 0 Å². The highest BCUT2D eigenvalue weighted by Gasteiger charge is 2.25. The first-order valence-electron chi connectivity index (χ1n) is 7.53. The van der Waals surface area contributed by atoms with Crippen LogP contribution in [0.15, 0.2) is 12.1 Å². The van der Waals surface area contributed by atoms with Crippen LogP contribution in [0.2, 0.25) is 0 Å². The van der Waals surface area contributed by atoms with Crippen molar-refractivity contribution in [1.29, 1.82) is 0 Å². The van der Waals surface area contributed by atoms with Gasteiger partial charge in [0, 0.05) is 0 Å². The lowest BCUT2D eigenvalue weighted by molar-refractivity contribution is 0.469. The fourth-order valence-electron chi connectivity index (χ4n) is 1.70. The largest absolute Gasteiger partial charge is 0.207 e. The van der Waals surface area contributed by atoms with Crippen molar-refractivity contribution < 1.29 is 8.78 Å². The zero-order valence-electron chi connectivity index (χ0n) is 15.4. The van der Waals surface area contributed by atoms with Crippen molar-refractivity contribution in [2.45, 2.75) is 80.1 Å². The number of halogens is 2. The van der Waals surface area contributed by atoms with Gasteiger partial charge >= 0.3 is 0 Å². The second-order valence-electron chi connectivity index (χ2n) is 9.31. The molecular formula is C19H32F2. The molecule has 1 aromatic rings. The number of hydrogen-bond acceptors (Lipinski definition) is 0. The summed E-state index contributed by atoms with van der Waals surface area (Å²) in [6, 6.07) is 2.66. The third-order valence-corrected chi connectivity index (χ3v) is 2.67. The molecule has 0 aliphatic rings. The molecule has 0 N–H and O–H groups in total. The van der Waals surface area contributed by atoms with Gasteiger partial charge in [-0.1, -0.05) is 69.2 Å². The van der Waals surface area contributed by atoms with Gasteiger partial charge in [0.15, 0.2) is 0 Å². The Morgan fingerprint density at radius 2 is 0.762 bits per heavy atom. The van der Waals surface area contributed by atoms with Crippen LogP contribution in [-0.4, -0.2) is 0 Å². The van der Waals surface area contributed by atoms with Crippen LogP contribution >= 0.6 is 0 Å². The van der Waals surface area contributed by atoms with E-state index >= 15 is 0 Å². The predicted octanol–water partition coefficient (Wildman–Crippen LogP) is 6.61. The Labute approximate surface area is 130 Å². The summed E-state index contributed by atoms with van der Waals surface area (Å²) in [6.45, 7) is 20.0. The smallest absolute Gasteiger partial charge is 0.127 e. The molecule has 0 fully saturated rings. The Morgan fingerprint density at radius 3 is 0.905 bits per heavy atom. The molecule has 0 radical (unpaired) electrons. The lowest BCUT2D eigenvalue weighted by Crippen LogP contribution is -2.19. The summed E-state index contributed by atoms with van der Waals surface area (Å²) in [4.78, 5) is 0. The summed E-state index contributed by atoms with van der Waals surface area (Å²) < 4.78 is 27.8. The quantitative estimate of drug-likeness (QED) is 0.505. The normalized spacial score (nSPS) is 12.8. The minimum atomic E-state index is -0.374. The first kappa shape index (κ1) is 20.1. The molecule has 1 rings (SSSR count). The highest BCUT2D eigenvalue weighted by molar-refractivity contribution is 5.34. The molecule has 0 nitrogen and oxygen atoms in total. The Bertz CT molecular complexity index is 420. The van der Waals surface area contributed by atoms with Crippen molar-refractivity contribution in [1.82, 2.24) is 0 Å². The van der Waals surface area contributed by atoms with E-state index < -0.39 is 0 Å². The molecule has 21 heavy (non-hydrogen) atoms. The summed E-state index contributed by atoms with van der Waals surface area (Å²) in [5.74, 6) is -0.641. The van der Waals surface area contributed by atoms with Crippen LogP contribution in [0.4, 0.5) is 8.78 Å². The maximum Gasteiger partial charge on any atom is 0.127 e. The molecule has 0 atom stereocenters. The predicted molar refractivity (Wildman–Crippen MR) is 88.9 cm³/mol. The molecule has 0 aliphatic carbocycles. The monoisotopic (exact) mass is 298 g/mol. The molecule has 0 aliphatic heterocycles. The van der Waals surface area contributed by atoms with E-state index in [1.807, 2.05) is 41.5 Å². The zero-order chi connectivity index (χ0) is 17.2. The first-order valence-corrected chi connectivity index (χ1v) is 7.53.